The molecule has 2 fully saturated rings. The number of aromatic nitrogens is 2. The van der Waals surface area contributed by atoms with E-state index in [1.54, 1.807) is 4.90 Å². The third kappa shape index (κ3) is 5.47. The van der Waals surface area contributed by atoms with Gasteiger partial charge < -0.3 is 14.5 Å². The van der Waals surface area contributed by atoms with Gasteiger partial charge in [0.2, 0.25) is 5.95 Å². The van der Waals surface area contributed by atoms with Crippen LogP contribution in [0.15, 0.2) is 36.7 Å². The highest BCUT2D eigenvalue weighted by Crippen LogP contribution is 2.21. The Balaban J connectivity index is 1.23. The summed E-state index contributed by atoms with van der Waals surface area (Å²) in [4.78, 5) is 27.5. The van der Waals surface area contributed by atoms with Crippen LogP contribution in [0.3, 0.4) is 0 Å². The second-order valence-corrected chi connectivity index (χ2v) is 8.79. The average Bonchev–Trinajstić information content (AvgIpc) is 2.81. The molecule has 168 valence electrons. The Bertz CT molecular complexity index is 954. The van der Waals surface area contributed by atoms with E-state index in [1.165, 1.54) is 18.0 Å². The van der Waals surface area contributed by atoms with Crippen LogP contribution in [0.25, 0.3) is 0 Å². The molecule has 1 aromatic carbocycles. The second-order valence-electron chi connectivity index (χ2n) is 8.36. The molecule has 1 atom stereocenters. The molecule has 0 spiro atoms. The molecule has 0 aliphatic carbocycles. The third-order valence-electron chi connectivity index (χ3n) is 6.03. The molecule has 2 saturated heterocycles. The number of likely N-dealkylation sites (tertiary alicyclic amines) is 1. The van der Waals surface area contributed by atoms with Gasteiger partial charge in [-0.1, -0.05) is 23.7 Å². The molecular weight excluding hydrogens is 428 g/mol. The number of piperazine rings is 1. The van der Waals surface area contributed by atoms with Gasteiger partial charge in [0.05, 0.1) is 18.0 Å². The number of benzene rings is 1. The van der Waals surface area contributed by atoms with Crippen LogP contribution in [-0.2, 0) is 11.3 Å². The number of nitrogens with zero attached hydrogens (tertiary/aromatic N) is 6. The maximum atomic E-state index is 12.8. The van der Waals surface area contributed by atoms with E-state index in [2.05, 4.69) is 27.0 Å². The van der Waals surface area contributed by atoms with Gasteiger partial charge in [-0.3, -0.25) is 4.90 Å². The summed E-state index contributed by atoms with van der Waals surface area (Å²) < 4.78 is 5.84. The molecular formula is C23H27ClN6O2. The predicted octanol–water partition coefficient (Wildman–Crippen LogP) is 3.31. The van der Waals surface area contributed by atoms with Crippen LogP contribution in [0.2, 0.25) is 5.02 Å². The van der Waals surface area contributed by atoms with Gasteiger partial charge in [-0.2, -0.15) is 5.26 Å². The highest BCUT2D eigenvalue weighted by Gasteiger charge is 2.32. The van der Waals surface area contributed by atoms with Crippen molar-refractivity contribution in [2.24, 2.45) is 0 Å². The molecule has 32 heavy (non-hydrogen) atoms. The summed E-state index contributed by atoms with van der Waals surface area (Å²) in [6.07, 6.45) is 4.43. The van der Waals surface area contributed by atoms with E-state index < -0.39 is 0 Å². The zero-order valence-electron chi connectivity index (χ0n) is 18.2. The SMILES string of the molecule is C[C@@H]1CN(c2ncc(C#N)cn2)CCN1C(=O)OC1CCN(Cc2ccc(Cl)cc2)CC1. The van der Waals surface area contributed by atoms with E-state index in [1.807, 2.05) is 30.0 Å². The minimum atomic E-state index is -0.242. The van der Waals surface area contributed by atoms with Crippen molar-refractivity contribution in [3.05, 3.63) is 52.8 Å². The molecule has 2 aromatic rings. The summed E-state index contributed by atoms with van der Waals surface area (Å²) >= 11 is 5.96. The quantitative estimate of drug-likeness (QED) is 0.700. The maximum Gasteiger partial charge on any atom is 0.410 e. The Morgan fingerprint density at radius 2 is 1.84 bits per heavy atom. The lowest BCUT2D eigenvalue weighted by Crippen LogP contribution is -2.55. The van der Waals surface area contributed by atoms with E-state index in [-0.39, 0.29) is 18.2 Å². The summed E-state index contributed by atoms with van der Waals surface area (Å²) in [5.41, 5.74) is 1.67. The van der Waals surface area contributed by atoms with Crippen molar-refractivity contribution in [1.82, 2.24) is 19.8 Å². The molecule has 1 aromatic heterocycles. The summed E-state index contributed by atoms with van der Waals surface area (Å²) in [5, 5.41) is 9.64. The van der Waals surface area contributed by atoms with Crippen molar-refractivity contribution in [2.75, 3.05) is 37.6 Å². The fourth-order valence-electron chi connectivity index (χ4n) is 4.20. The predicted molar refractivity (Wildman–Crippen MR) is 121 cm³/mol. The number of amides is 1. The summed E-state index contributed by atoms with van der Waals surface area (Å²) in [5.74, 6) is 0.580. The molecule has 2 aliphatic rings. The van der Waals surface area contributed by atoms with Gasteiger partial charge in [-0.05, 0) is 37.5 Å². The van der Waals surface area contributed by atoms with Gasteiger partial charge in [0, 0.05) is 50.3 Å². The summed E-state index contributed by atoms with van der Waals surface area (Å²) in [6, 6.07) is 9.95. The van der Waals surface area contributed by atoms with Gasteiger partial charge in [0.1, 0.15) is 12.2 Å². The van der Waals surface area contributed by atoms with Crippen molar-refractivity contribution < 1.29 is 9.53 Å². The van der Waals surface area contributed by atoms with Crippen LogP contribution in [-0.4, -0.2) is 70.7 Å². The molecule has 3 heterocycles. The van der Waals surface area contributed by atoms with Crippen molar-refractivity contribution in [3.63, 3.8) is 0 Å². The van der Waals surface area contributed by atoms with Crippen LogP contribution in [0.1, 0.15) is 30.9 Å². The monoisotopic (exact) mass is 454 g/mol. The highest BCUT2D eigenvalue weighted by molar-refractivity contribution is 6.30. The van der Waals surface area contributed by atoms with Gasteiger partial charge in [-0.15, -0.1) is 0 Å². The summed E-state index contributed by atoms with van der Waals surface area (Å²) in [6.45, 7) is 6.50. The Labute approximate surface area is 193 Å². The maximum absolute atomic E-state index is 12.8. The van der Waals surface area contributed by atoms with Crippen molar-refractivity contribution in [2.45, 2.75) is 38.5 Å². The van der Waals surface area contributed by atoms with E-state index in [0.717, 1.165) is 37.5 Å². The lowest BCUT2D eigenvalue weighted by Gasteiger charge is -2.40. The number of nitriles is 1. The van der Waals surface area contributed by atoms with Crippen LogP contribution in [0.5, 0.6) is 0 Å². The smallest absolute Gasteiger partial charge is 0.410 e. The molecule has 0 saturated carbocycles. The number of hydrogen-bond acceptors (Lipinski definition) is 7. The minimum Gasteiger partial charge on any atom is -0.446 e. The zero-order chi connectivity index (χ0) is 22.5. The number of carbonyl (C=O) groups excluding carboxylic acids is 1. The summed E-state index contributed by atoms with van der Waals surface area (Å²) in [7, 11) is 0. The minimum absolute atomic E-state index is 0.0134. The molecule has 4 rings (SSSR count). The van der Waals surface area contributed by atoms with E-state index in [4.69, 9.17) is 21.6 Å². The Kier molecular flexibility index (Phi) is 7.08. The number of ether oxygens (including phenoxy) is 1. The Morgan fingerprint density at radius 3 is 2.47 bits per heavy atom. The standard InChI is InChI=1S/C23H27ClN6O2/c1-17-15-29(22-26-13-19(12-25)14-27-22)10-11-30(17)23(31)32-21-6-8-28(9-7-21)16-18-2-4-20(24)5-3-18/h2-5,13-14,17,21H,6-11,15-16H2,1H3/t17-/m1/s1. The fourth-order valence-corrected chi connectivity index (χ4v) is 4.32. The van der Waals surface area contributed by atoms with Gasteiger partial charge in [0.15, 0.2) is 0 Å². The molecule has 1 amide bonds. The largest absolute Gasteiger partial charge is 0.446 e. The van der Waals surface area contributed by atoms with Crippen LogP contribution in [0.4, 0.5) is 10.7 Å². The van der Waals surface area contributed by atoms with Crippen molar-refractivity contribution >= 4 is 23.6 Å². The topological polar surface area (TPSA) is 85.6 Å². The number of anilines is 1. The molecule has 0 unspecified atom stereocenters. The first-order chi connectivity index (χ1) is 15.5. The van der Waals surface area contributed by atoms with E-state index in [0.29, 0.717) is 31.1 Å². The fraction of sp³-hybridized carbons (Fsp3) is 0.478. The molecule has 2 aliphatic heterocycles. The first-order valence-electron chi connectivity index (χ1n) is 10.9. The van der Waals surface area contributed by atoms with Gasteiger partial charge in [-0.25, -0.2) is 14.8 Å². The van der Waals surface area contributed by atoms with Crippen LogP contribution >= 0.6 is 11.6 Å². The average molecular weight is 455 g/mol. The number of halogens is 1. The van der Waals surface area contributed by atoms with Gasteiger partial charge in [0.25, 0.3) is 0 Å². The molecule has 8 nitrogen and oxygen atoms in total. The first-order valence-corrected chi connectivity index (χ1v) is 11.3. The second kappa shape index (κ2) is 10.2. The van der Waals surface area contributed by atoms with Crippen LogP contribution in [0, 0.1) is 11.3 Å². The third-order valence-corrected chi connectivity index (χ3v) is 6.29. The van der Waals surface area contributed by atoms with Crippen molar-refractivity contribution in [3.8, 4) is 6.07 Å². The van der Waals surface area contributed by atoms with Crippen LogP contribution < -0.4 is 4.90 Å². The number of piperidine rings is 1. The van der Waals surface area contributed by atoms with E-state index in [9.17, 15) is 4.79 Å². The molecule has 0 N–H and O–H groups in total. The molecule has 9 heteroatoms. The Hall–Kier alpha value is -2.89. The number of carbonyl (C=O) groups is 1. The zero-order valence-corrected chi connectivity index (χ0v) is 18.9. The normalized spacial score (nSPS) is 20.1. The lowest BCUT2D eigenvalue weighted by atomic mass is 10.1. The number of rotatable bonds is 4. The van der Waals surface area contributed by atoms with E-state index >= 15 is 0 Å². The lowest BCUT2D eigenvalue weighted by molar-refractivity contribution is 0.0191. The Morgan fingerprint density at radius 1 is 1.16 bits per heavy atom. The molecule has 0 radical (unpaired) electrons. The van der Waals surface area contributed by atoms with Gasteiger partial charge >= 0.3 is 6.09 Å². The highest BCUT2D eigenvalue weighted by atomic mass is 35.5. The molecule has 0 bridgehead atoms. The number of hydrogen-bond donors (Lipinski definition) is 0. The first kappa shape index (κ1) is 22.3. The van der Waals surface area contributed by atoms with Crippen molar-refractivity contribution in [1.29, 1.82) is 5.26 Å².